The molecule has 1 aliphatic rings. The van der Waals surface area contributed by atoms with E-state index >= 15 is 0 Å². The Kier molecular flexibility index (Phi) is 3.87. The molecular weight excluding hydrogens is 258 g/mol. The first-order valence-electron chi connectivity index (χ1n) is 7.33. The summed E-state index contributed by atoms with van der Waals surface area (Å²) in [6, 6.07) is 16.5. The van der Waals surface area contributed by atoms with Gasteiger partial charge >= 0.3 is 0 Å². The van der Waals surface area contributed by atoms with Crippen LogP contribution in [0, 0.1) is 6.92 Å². The Balaban J connectivity index is 1.68. The number of benzene rings is 2. The minimum Gasteiger partial charge on any atom is -0.334 e. The Hall–Kier alpha value is -2.35. The molecule has 3 rings (SSSR count). The van der Waals surface area contributed by atoms with Crippen LogP contribution in [-0.4, -0.2) is 17.4 Å². The number of amides is 1. The zero-order chi connectivity index (χ0) is 14.7. The predicted octanol–water partition coefficient (Wildman–Crippen LogP) is 3.59. The van der Waals surface area contributed by atoms with Gasteiger partial charge in [0.05, 0.1) is 0 Å². The van der Waals surface area contributed by atoms with Gasteiger partial charge in [0.25, 0.3) is 0 Å². The van der Waals surface area contributed by atoms with Crippen molar-refractivity contribution in [1.82, 2.24) is 4.90 Å². The topological polar surface area (TPSA) is 20.3 Å². The number of carbonyl (C=O) groups excluding carboxylic acids is 1. The smallest absolute Gasteiger partial charge is 0.246 e. The number of hydrogen-bond donors (Lipinski definition) is 0. The van der Waals surface area contributed by atoms with Gasteiger partial charge in [-0.25, -0.2) is 0 Å². The van der Waals surface area contributed by atoms with Crippen molar-refractivity contribution in [3.05, 3.63) is 76.9 Å². The summed E-state index contributed by atoms with van der Waals surface area (Å²) < 4.78 is 0. The highest BCUT2D eigenvalue weighted by molar-refractivity contribution is 5.91. The number of hydrogen-bond acceptors (Lipinski definition) is 1. The van der Waals surface area contributed by atoms with E-state index in [1.54, 1.807) is 6.08 Å². The first kappa shape index (κ1) is 13.6. The molecule has 0 atom stereocenters. The molecule has 0 saturated heterocycles. The molecule has 2 aromatic carbocycles. The van der Waals surface area contributed by atoms with Crippen molar-refractivity contribution in [1.29, 1.82) is 0 Å². The zero-order valence-corrected chi connectivity index (χ0v) is 12.3. The molecule has 0 saturated carbocycles. The summed E-state index contributed by atoms with van der Waals surface area (Å²) >= 11 is 0. The molecule has 1 aliphatic heterocycles. The summed E-state index contributed by atoms with van der Waals surface area (Å²) in [5, 5.41) is 0. The van der Waals surface area contributed by atoms with Gasteiger partial charge in [0, 0.05) is 19.2 Å². The lowest BCUT2D eigenvalue weighted by Crippen LogP contribution is -2.34. The molecule has 1 amide bonds. The highest BCUT2D eigenvalue weighted by Crippen LogP contribution is 2.18. The lowest BCUT2D eigenvalue weighted by molar-refractivity contribution is -0.126. The second-order valence-electron chi connectivity index (χ2n) is 5.52. The molecule has 0 spiro atoms. The van der Waals surface area contributed by atoms with Gasteiger partial charge in [0.1, 0.15) is 0 Å². The van der Waals surface area contributed by atoms with Crippen molar-refractivity contribution in [3.63, 3.8) is 0 Å². The third-order valence-corrected chi connectivity index (χ3v) is 3.94. The van der Waals surface area contributed by atoms with E-state index in [1.165, 1.54) is 16.7 Å². The van der Waals surface area contributed by atoms with Crippen molar-refractivity contribution in [3.8, 4) is 0 Å². The average molecular weight is 277 g/mol. The Morgan fingerprint density at radius 2 is 1.76 bits per heavy atom. The highest BCUT2D eigenvalue weighted by Gasteiger charge is 2.18. The first-order chi connectivity index (χ1) is 10.2. The average Bonchev–Trinajstić information content (AvgIpc) is 2.53. The third-order valence-electron chi connectivity index (χ3n) is 3.94. The highest BCUT2D eigenvalue weighted by atomic mass is 16.2. The van der Waals surface area contributed by atoms with Gasteiger partial charge in [-0.05, 0) is 36.1 Å². The number of rotatable bonds is 2. The molecule has 2 heteroatoms. The van der Waals surface area contributed by atoms with Crippen molar-refractivity contribution in [2.24, 2.45) is 0 Å². The van der Waals surface area contributed by atoms with E-state index < -0.39 is 0 Å². The summed E-state index contributed by atoms with van der Waals surface area (Å²) in [6.07, 6.45) is 4.52. The van der Waals surface area contributed by atoms with Gasteiger partial charge in [-0.3, -0.25) is 4.79 Å². The van der Waals surface area contributed by atoms with Gasteiger partial charge in [-0.15, -0.1) is 0 Å². The number of carbonyl (C=O) groups is 1. The van der Waals surface area contributed by atoms with Crippen LogP contribution in [0.3, 0.4) is 0 Å². The fourth-order valence-corrected chi connectivity index (χ4v) is 2.63. The molecule has 1 heterocycles. The minimum absolute atomic E-state index is 0.0880. The van der Waals surface area contributed by atoms with Crippen LogP contribution in [0.2, 0.25) is 0 Å². The lowest BCUT2D eigenvalue weighted by Gasteiger charge is -2.27. The lowest BCUT2D eigenvalue weighted by atomic mass is 10.00. The molecule has 0 bridgehead atoms. The Morgan fingerprint density at radius 3 is 2.52 bits per heavy atom. The molecule has 0 aromatic heterocycles. The van der Waals surface area contributed by atoms with Gasteiger partial charge in [0.15, 0.2) is 0 Å². The Bertz CT molecular complexity index is 670. The third kappa shape index (κ3) is 3.22. The number of aryl methyl sites for hydroxylation is 1. The summed E-state index contributed by atoms with van der Waals surface area (Å²) in [5.41, 5.74) is 4.92. The van der Waals surface area contributed by atoms with Gasteiger partial charge in [0.2, 0.25) is 5.91 Å². The van der Waals surface area contributed by atoms with Crippen LogP contribution in [0.5, 0.6) is 0 Å². The Morgan fingerprint density at radius 1 is 1.05 bits per heavy atom. The second kappa shape index (κ2) is 5.96. The monoisotopic (exact) mass is 277 g/mol. The molecular formula is C19H19NO. The molecule has 21 heavy (non-hydrogen) atoms. The zero-order valence-electron chi connectivity index (χ0n) is 12.3. The van der Waals surface area contributed by atoms with Crippen LogP contribution in [-0.2, 0) is 17.8 Å². The summed E-state index contributed by atoms with van der Waals surface area (Å²) in [6.45, 7) is 3.57. The van der Waals surface area contributed by atoms with Crippen molar-refractivity contribution < 1.29 is 4.79 Å². The van der Waals surface area contributed by atoms with Crippen molar-refractivity contribution >= 4 is 12.0 Å². The molecule has 0 N–H and O–H groups in total. The number of fused-ring (bicyclic) bond motifs is 1. The standard InChI is InChI=1S/C19H19NO/c1-15-6-8-16(9-7-15)10-11-19(21)20-13-12-17-4-2-3-5-18(17)14-20/h2-11H,12-14H2,1H3/b11-10-. The fourth-order valence-electron chi connectivity index (χ4n) is 2.63. The minimum atomic E-state index is 0.0880. The number of nitrogens with zero attached hydrogens (tertiary/aromatic N) is 1. The van der Waals surface area contributed by atoms with E-state index in [4.69, 9.17) is 0 Å². The van der Waals surface area contributed by atoms with Crippen LogP contribution < -0.4 is 0 Å². The van der Waals surface area contributed by atoms with Crippen LogP contribution in [0.25, 0.3) is 6.08 Å². The molecule has 2 aromatic rings. The van der Waals surface area contributed by atoms with Crippen LogP contribution >= 0.6 is 0 Å². The van der Waals surface area contributed by atoms with Crippen LogP contribution in [0.4, 0.5) is 0 Å². The largest absolute Gasteiger partial charge is 0.334 e. The maximum atomic E-state index is 12.3. The van der Waals surface area contributed by atoms with E-state index in [-0.39, 0.29) is 5.91 Å². The summed E-state index contributed by atoms with van der Waals surface area (Å²) in [4.78, 5) is 14.2. The normalized spacial score (nSPS) is 14.2. The molecule has 0 unspecified atom stereocenters. The molecule has 2 nitrogen and oxygen atoms in total. The van der Waals surface area contributed by atoms with Gasteiger partial charge in [-0.2, -0.15) is 0 Å². The molecule has 0 fully saturated rings. The van der Waals surface area contributed by atoms with Crippen LogP contribution in [0.15, 0.2) is 54.6 Å². The fraction of sp³-hybridized carbons (Fsp3) is 0.211. The van der Waals surface area contributed by atoms with E-state index in [9.17, 15) is 4.79 Å². The Labute approximate surface area is 125 Å². The first-order valence-corrected chi connectivity index (χ1v) is 7.33. The summed E-state index contributed by atoms with van der Waals surface area (Å²) in [5.74, 6) is 0.0880. The SMILES string of the molecule is Cc1ccc(/C=C\C(=O)N2CCc3ccccc3C2)cc1. The van der Waals surface area contributed by atoms with E-state index in [2.05, 4.69) is 37.3 Å². The molecule has 0 aliphatic carbocycles. The van der Waals surface area contributed by atoms with Gasteiger partial charge in [-0.1, -0.05) is 54.1 Å². The quantitative estimate of drug-likeness (QED) is 0.768. The van der Waals surface area contributed by atoms with E-state index in [1.807, 2.05) is 29.2 Å². The van der Waals surface area contributed by atoms with Crippen molar-refractivity contribution in [2.45, 2.75) is 19.9 Å². The maximum Gasteiger partial charge on any atom is 0.246 e. The maximum absolute atomic E-state index is 12.3. The predicted molar refractivity (Wildman–Crippen MR) is 85.8 cm³/mol. The summed E-state index contributed by atoms with van der Waals surface area (Å²) in [7, 11) is 0. The van der Waals surface area contributed by atoms with E-state index in [0.717, 1.165) is 18.5 Å². The second-order valence-corrected chi connectivity index (χ2v) is 5.52. The van der Waals surface area contributed by atoms with Crippen LogP contribution in [0.1, 0.15) is 22.3 Å². The van der Waals surface area contributed by atoms with Crippen molar-refractivity contribution in [2.75, 3.05) is 6.54 Å². The molecule has 106 valence electrons. The van der Waals surface area contributed by atoms with Gasteiger partial charge < -0.3 is 4.90 Å². The van der Waals surface area contributed by atoms with E-state index in [0.29, 0.717) is 6.54 Å². The molecule has 0 radical (unpaired) electrons.